The third-order valence-electron chi connectivity index (χ3n) is 2.15. The van der Waals surface area contributed by atoms with Crippen molar-refractivity contribution in [3.05, 3.63) is 53.1 Å². The van der Waals surface area contributed by atoms with E-state index in [9.17, 15) is 9.18 Å². The third-order valence-corrected chi connectivity index (χ3v) is 2.46. The normalized spacial score (nSPS) is 10.4. The van der Waals surface area contributed by atoms with Gasteiger partial charge in [-0.3, -0.25) is 0 Å². The van der Waals surface area contributed by atoms with Gasteiger partial charge in [0.15, 0.2) is 0 Å². The summed E-state index contributed by atoms with van der Waals surface area (Å²) in [6.07, 6.45) is 1.55. The van der Waals surface area contributed by atoms with Crippen molar-refractivity contribution in [2.24, 2.45) is 0 Å². The number of hydrogen-bond acceptors (Lipinski definition) is 1. The van der Waals surface area contributed by atoms with Crippen molar-refractivity contribution in [3.63, 3.8) is 0 Å². The van der Waals surface area contributed by atoms with E-state index in [4.69, 9.17) is 16.7 Å². The van der Waals surface area contributed by atoms with Crippen molar-refractivity contribution < 1.29 is 14.3 Å². The van der Waals surface area contributed by atoms with E-state index in [-0.39, 0.29) is 10.7 Å². The second-order valence-electron chi connectivity index (χ2n) is 3.17. The number of aromatic nitrogens is 1. The largest absolute Gasteiger partial charge is 0.477 e. The van der Waals surface area contributed by atoms with Gasteiger partial charge in [0.05, 0.1) is 5.02 Å². The lowest BCUT2D eigenvalue weighted by atomic mass is 10.3. The van der Waals surface area contributed by atoms with E-state index < -0.39 is 11.8 Å². The zero-order chi connectivity index (χ0) is 11.7. The van der Waals surface area contributed by atoms with Crippen LogP contribution in [0.4, 0.5) is 4.39 Å². The molecule has 0 spiro atoms. The smallest absolute Gasteiger partial charge is 0.352 e. The van der Waals surface area contributed by atoms with Gasteiger partial charge in [0.1, 0.15) is 11.5 Å². The molecular weight excluding hydrogens is 233 g/mol. The highest BCUT2D eigenvalue weighted by molar-refractivity contribution is 6.30. The van der Waals surface area contributed by atoms with Gasteiger partial charge in [-0.15, -0.1) is 0 Å². The van der Waals surface area contributed by atoms with Gasteiger partial charge in [-0.1, -0.05) is 11.6 Å². The van der Waals surface area contributed by atoms with Crippen LogP contribution in [0, 0.1) is 5.82 Å². The lowest BCUT2D eigenvalue weighted by Gasteiger charge is -2.06. The standard InChI is InChI=1S/C11H7ClFNO2/c12-8-4-3-7(6-9(8)13)14-5-1-2-10(14)11(15)16/h1-6H,(H,15,16). The zero-order valence-corrected chi connectivity index (χ0v) is 8.78. The van der Waals surface area contributed by atoms with Gasteiger partial charge in [-0.2, -0.15) is 0 Å². The van der Waals surface area contributed by atoms with Crippen LogP contribution in [0.5, 0.6) is 0 Å². The van der Waals surface area contributed by atoms with Crippen LogP contribution in [0.2, 0.25) is 5.02 Å². The van der Waals surface area contributed by atoms with E-state index in [0.717, 1.165) is 0 Å². The molecule has 16 heavy (non-hydrogen) atoms. The molecule has 0 atom stereocenters. The minimum absolute atomic E-state index is 0.00720. The summed E-state index contributed by atoms with van der Waals surface area (Å²) in [7, 11) is 0. The first-order valence-corrected chi connectivity index (χ1v) is 4.83. The van der Waals surface area contributed by atoms with Crippen LogP contribution < -0.4 is 0 Å². The van der Waals surface area contributed by atoms with Crippen molar-refractivity contribution in [3.8, 4) is 5.69 Å². The van der Waals surface area contributed by atoms with E-state index in [1.54, 1.807) is 18.3 Å². The molecule has 0 saturated heterocycles. The number of hydrogen-bond donors (Lipinski definition) is 1. The molecule has 0 aliphatic heterocycles. The van der Waals surface area contributed by atoms with Crippen LogP contribution >= 0.6 is 11.6 Å². The first kappa shape index (κ1) is 10.7. The summed E-state index contributed by atoms with van der Waals surface area (Å²) in [5.41, 5.74) is 0.492. The summed E-state index contributed by atoms with van der Waals surface area (Å²) >= 11 is 5.54. The lowest BCUT2D eigenvalue weighted by Crippen LogP contribution is -2.05. The fourth-order valence-corrected chi connectivity index (χ4v) is 1.53. The Hall–Kier alpha value is -1.81. The molecule has 2 aromatic rings. The van der Waals surface area contributed by atoms with E-state index in [0.29, 0.717) is 5.69 Å². The van der Waals surface area contributed by atoms with Crippen molar-refractivity contribution >= 4 is 17.6 Å². The Labute approximate surface area is 95.7 Å². The van der Waals surface area contributed by atoms with Crippen LogP contribution in [-0.4, -0.2) is 15.6 Å². The molecule has 2 rings (SSSR count). The Morgan fingerprint density at radius 2 is 2.12 bits per heavy atom. The monoisotopic (exact) mass is 239 g/mol. The number of carboxylic acids is 1. The summed E-state index contributed by atoms with van der Waals surface area (Å²) in [6.45, 7) is 0. The molecule has 5 heteroatoms. The number of nitrogens with zero attached hydrogens (tertiary/aromatic N) is 1. The maximum atomic E-state index is 13.2. The third kappa shape index (κ3) is 1.79. The molecule has 0 unspecified atom stereocenters. The van der Waals surface area contributed by atoms with Gasteiger partial charge >= 0.3 is 5.97 Å². The van der Waals surface area contributed by atoms with Gasteiger partial charge in [0.25, 0.3) is 0 Å². The number of rotatable bonds is 2. The maximum absolute atomic E-state index is 13.2. The summed E-state index contributed by atoms with van der Waals surface area (Å²) < 4.78 is 14.6. The summed E-state index contributed by atoms with van der Waals surface area (Å²) in [6, 6.07) is 7.15. The molecule has 82 valence electrons. The number of halogens is 2. The Kier molecular flexibility index (Phi) is 2.66. The van der Waals surface area contributed by atoms with Crippen LogP contribution in [-0.2, 0) is 0 Å². The Balaban J connectivity index is 2.54. The number of carboxylic acid groups (broad SMARTS) is 1. The second-order valence-corrected chi connectivity index (χ2v) is 3.57. The van der Waals surface area contributed by atoms with E-state index in [2.05, 4.69) is 0 Å². The lowest BCUT2D eigenvalue weighted by molar-refractivity contribution is 0.0688. The minimum Gasteiger partial charge on any atom is -0.477 e. The topological polar surface area (TPSA) is 42.2 Å². The quantitative estimate of drug-likeness (QED) is 0.876. The molecule has 0 aliphatic rings. The minimum atomic E-state index is -1.07. The van der Waals surface area contributed by atoms with E-state index >= 15 is 0 Å². The Morgan fingerprint density at radius 1 is 1.38 bits per heavy atom. The fraction of sp³-hybridized carbons (Fsp3) is 0. The molecule has 3 nitrogen and oxygen atoms in total. The van der Waals surface area contributed by atoms with Gasteiger partial charge in [0.2, 0.25) is 0 Å². The highest BCUT2D eigenvalue weighted by Crippen LogP contribution is 2.19. The molecule has 0 saturated carbocycles. The first-order chi connectivity index (χ1) is 7.59. The highest BCUT2D eigenvalue weighted by atomic mass is 35.5. The number of aromatic carboxylic acids is 1. The summed E-state index contributed by atoms with van der Waals surface area (Å²) in [5, 5.41) is 8.91. The fourth-order valence-electron chi connectivity index (χ4n) is 1.42. The number of carbonyl (C=O) groups is 1. The Bertz CT molecular complexity index is 551. The van der Waals surface area contributed by atoms with Gasteiger partial charge in [0, 0.05) is 11.9 Å². The van der Waals surface area contributed by atoms with Crippen LogP contribution in [0.1, 0.15) is 10.5 Å². The molecule has 1 aromatic heterocycles. The van der Waals surface area contributed by atoms with Gasteiger partial charge in [-0.05, 0) is 30.3 Å². The molecule has 1 aromatic carbocycles. The van der Waals surface area contributed by atoms with E-state index in [1.807, 2.05) is 0 Å². The molecule has 0 amide bonds. The average Bonchev–Trinajstić information content (AvgIpc) is 2.71. The van der Waals surface area contributed by atoms with E-state index in [1.165, 1.54) is 22.8 Å². The molecule has 0 bridgehead atoms. The second kappa shape index (κ2) is 3.98. The molecule has 0 aliphatic carbocycles. The molecule has 0 radical (unpaired) electrons. The highest BCUT2D eigenvalue weighted by Gasteiger charge is 2.11. The zero-order valence-electron chi connectivity index (χ0n) is 8.02. The van der Waals surface area contributed by atoms with Gasteiger partial charge < -0.3 is 9.67 Å². The average molecular weight is 240 g/mol. The Morgan fingerprint density at radius 3 is 2.75 bits per heavy atom. The first-order valence-electron chi connectivity index (χ1n) is 4.45. The molecule has 1 N–H and O–H groups in total. The van der Waals surface area contributed by atoms with Crippen molar-refractivity contribution in [2.75, 3.05) is 0 Å². The van der Waals surface area contributed by atoms with Gasteiger partial charge in [-0.25, -0.2) is 9.18 Å². The summed E-state index contributed by atoms with van der Waals surface area (Å²) in [5.74, 6) is -1.65. The van der Waals surface area contributed by atoms with Crippen molar-refractivity contribution in [1.82, 2.24) is 4.57 Å². The molecule has 0 fully saturated rings. The predicted octanol–water partition coefficient (Wildman–Crippen LogP) is 2.97. The molecule has 1 heterocycles. The van der Waals surface area contributed by atoms with Crippen LogP contribution in [0.3, 0.4) is 0 Å². The maximum Gasteiger partial charge on any atom is 0.352 e. The molecular formula is C11H7ClFNO2. The van der Waals surface area contributed by atoms with Crippen molar-refractivity contribution in [1.29, 1.82) is 0 Å². The van der Waals surface area contributed by atoms with Crippen LogP contribution in [0.25, 0.3) is 5.69 Å². The predicted molar refractivity (Wildman–Crippen MR) is 57.7 cm³/mol. The SMILES string of the molecule is O=C(O)c1cccn1-c1ccc(Cl)c(F)c1. The number of benzene rings is 1. The van der Waals surface area contributed by atoms with Crippen molar-refractivity contribution in [2.45, 2.75) is 0 Å². The summed E-state index contributed by atoms with van der Waals surface area (Å²) in [4.78, 5) is 10.9. The van der Waals surface area contributed by atoms with Crippen LogP contribution in [0.15, 0.2) is 36.5 Å².